The number of phenolic OH excluding ortho intramolecular Hbond substituents is 1. The number of rotatable bonds is 10. The molecule has 13 heteroatoms. The molecule has 3 rings (SSSR count). The number of carbonyl (C=O) groups excluding carboxylic acids is 4. The number of carboxylic acids is 1. The Morgan fingerprint density at radius 2 is 1.89 bits per heavy atom. The summed E-state index contributed by atoms with van der Waals surface area (Å²) in [5.41, 5.74) is 0.653. The standard InChI is InChI=1S/C24H24Cl2N4O7/c25-16-8-14(9-17(26)21(16)34)22(35)29-18(7-13-3-1-5-27-11-13)24(37)30-6-2-4-19(30)23(36)28-15(12-31)10-20(32)33/h1,3,5,8-9,11-12,15,18-19,34H,2,4,6-7,10H2,(H,28,36)(H,29,35)(H,32,33)/t15-,18-,19?/m0/s1. The summed E-state index contributed by atoms with van der Waals surface area (Å²) >= 11 is 11.9. The molecule has 196 valence electrons. The van der Waals surface area contributed by atoms with Crippen molar-refractivity contribution in [1.29, 1.82) is 0 Å². The number of carbonyl (C=O) groups is 5. The van der Waals surface area contributed by atoms with Crippen molar-refractivity contribution in [1.82, 2.24) is 20.5 Å². The van der Waals surface area contributed by atoms with E-state index in [4.69, 9.17) is 28.3 Å². The Labute approximate surface area is 221 Å². The van der Waals surface area contributed by atoms with E-state index < -0.39 is 48.2 Å². The van der Waals surface area contributed by atoms with Crippen LogP contribution in [0.25, 0.3) is 0 Å². The number of likely N-dealkylation sites (tertiary alicyclic amines) is 1. The fourth-order valence-corrected chi connectivity index (χ4v) is 4.48. The van der Waals surface area contributed by atoms with E-state index in [0.717, 1.165) is 0 Å². The number of phenols is 1. The number of halogens is 2. The molecule has 1 aromatic heterocycles. The Balaban J connectivity index is 1.83. The molecule has 0 bridgehead atoms. The van der Waals surface area contributed by atoms with Crippen LogP contribution in [-0.4, -0.2) is 74.7 Å². The van der Waals surface area contributed by atoms with Gasteiger partial charge in [0, 0.05) is 30.9 Å². The van der Waals surface area contributed by atoms with Crippen LogP contribution in [0.1, 0.15) is 35.2 Å². The summed E-state index contributed by atoms with van der Waals surface area (Å²) in [4.78, 5) is 66.9. The Bertz CT molecular complexity index is 1170. The van der Waals surface area contributed by atoms with Gasteiger partial charge in [-0.2, -0.15) is 0 Å². The van der Waals surface area contributed by atoms with E-state index in [0.29, 0.717) is 24.7 Å². The van der Waals surface area contributed by atoms with E-state index >= 15 is 0 Å². The van der Waals surface area contributed by atoms with E-state index in [-0.39, 0.29) is 34.3 Å². The SMILES string of the molecule is O=C[C@H](CC(=O)O)NC(=O)C1CCCN1C(=O)[C@H](Cc1cccnc1)NC(=O)c1cc(Cl)c(O)c(Cl)c1. The van der Waals surface area contributed by atoms with Gasteiger partial charge in [0.1, 0.15) is 18.4 Å². The van der Waals surface area contributed by atoms with Crippen molar-refractivity contribution in [2.24, 2.45) is 0 Å². The minimum atomic E-state index is -1.26. The van der Waals surface area contributed by atoms with Gasteiger partial charge in [-0.25, -0.2) is 0 Å². The van der Waals surface area contributed by atoms with Crippen molar-refractivity contribution in [3.63, 3.8) is 0 Å². The van der Waals surface area contributed by atoms with Crippen LogP contribution in [0.5, 0.6) is 5.75 Å². The number of carboxylic acid groups (broad SMARTS) is 1. The summed E-state index contributed by atoms with van der Waals surface area (Å²) in [6.07, 6.45) is 3.67. The molecule has 1 unspecified atom stereocenters. The number of aldehydes is 1. The first-order valence-electron chi connectivity index (χ1n) is 11.3. The molecule has 3 atom stereocenters. The minimum absolute atomic E-state index is 0.00926. The fourth-order valence-electron chi connectivity index (χ4n) is 4.00. The Hall–Kier alpha value is -3.70. The molecule has 1 aromatic carbocycles. The highest BCUT2D eigenvalue weighted by Gasteiger charge is 2.38. The molecule has 2 heterocycles. The third kappa shape index (κ3) is 7.17. The van der Waals surface area contributed by atoms with Gasteiger partial charge in [-0.3, -0.25) is 24.2 Å². The van der Waals surface area contributed by atoms with Crippen LogP contribution in [0.4, 0.5) is 0 Å². The molecule has 0 radical (unpaired) electrons. The average Bonchev–Trinajstić information content (AvgIpc) is 3.36. The predicted octanol–water partition coefficient (Wildman–Crippen LogP) is 1.58. The maximum atomic E-state index is 13.6. The van der Waals surface area contributed by atoms with E-state index in [1.807, 2.05) is 0 Å². The van der Waals surface area contributed by atoms with Crippen LogP contribution in [0, 0.1) is 0 Å². The maximum absolute atomic E-state index is 13.6. The van der Waals surface area contributed by atoms with Crippen LogP contribution >= 0.6 is 23.2 Å². The van der Waals surface area contributed by atoms with Crippen LogP contribution in [0.3, 0.4) is 0 Å². The highest BCUT2D eigenvalue weighted by molar-refractivity contribution is 6.37. The molecule has 1 aliphatic rings. The second-order valence-electron chi connectivity index (χ2n) is 8.42. The minimum Gasteiger partial charge on any atom is -0.505 e. The maximum Gasteiger partial charge on any atom is 0.305 e. The Morgan fingerprint density at radius 3 is 2.49 bits per heavy atom. The third-order valence-electron chi connectivity index (χ3n) is 5.77. The molecule has 4 N–H and O–H groups in total. The van der Waals surface area contributed by atoms with E-state index in [1.165, 1.54) is 23.2 Å². The van der Waals surface area contributed by atoms with Crippen molar-refractivity contribution < 1.29 is 34.2 Å². The van der Waals surface area contributed by atoms with Gasteiger partial charge in [-0.15, -0.1) is 0 Å². The smallest absolute Gasteiger partial charge is 0.305 e. The van der Waals surface area contributed by atoms with Gasteiger partial charge in [-0.05, 0) is 36.6 Å². The Kier molecular flexibility index (Phi) is 9.42. The first-order valence-corrected chi connectivity index (χ1v) is 12.0. The number of aromatic nitrogens is 1. The number of pyridine rings is 1. The van der Waals surface area contributed by atoms with Crippen molar-refractivity contribution in [3.05, 3.63) is 57.8 Å². The van der Waals surface area contributed by atoms with Crippen molar-refractivity contribution in [2.45, 2.75) is 43.8 Å². The molecule has 3 amide bonds. The van der Waals surface area contributed by atoms with Gasteiger partial charge in [0.15, 0.2) is 5.75 Å². The molecule has 0 aliphatic carbocycles. The fraction of sp³-hybridized carbons (Fsp3) is 0.333. The van der Waals surface area contributed by atoms with Gasteiger partial charge < -0.3 is 30.5 Å². The third-order valence-corrected chi connectivity index (χ3v) is 6.35. The van der Waals surface area contributed by atoms with Crippen LogP contribution in [-0.2, 0) is 25.6 Å². The van der Waals surface area contributed by atoms with Crippen molar-refractivity contribution >= 4 is 53.2 Å². The lowest BCUT2D eigenvalue weighted by molar-refractivity contribution is -0.142. The lowest BCUT2D eigenvalue weighted by atomic mass is 10.0. The zero-order chi connectivity index (χ0) is 27.1. The first kappa shape index (κ1) is 27.9. The summed E-state index contributed by atoms with van der Waals surface area (Å²) in [6.45, 7) is 0.220. The molecule has 1 aliphatic heterocycles. The number of amides is 3. The molecule has 37 heavy (non-hydrogen) atoms. The van der Waals surface area contributed by atoms with Crippen molar-refractivity contribution in [3.8, 4) is 5.75 Å². The van der Waals surface area contributed by atoms with Gasteiger partial charge in [0.2, 0.25) is 11.8 Å². The molecule has 0 saturated carbocycles. The molecular weight excluding hydrogens is 527 g/mol. The van der Waals surface area contributed by atoms with Crippen LogP contribution in [0.15, 0.2) is 36.7 Å². The van der Waals surface area contributed by atoms with Crippen LogP contribution in [0.2, 0.25) is 10.0 Å². The van der Waals surface area contributed by atoms with E-state index in [9.17, 15) is 29.1 Å². The summed E-state index contributed by atoms with van der Waals surface area (Å²) in [6, 6.07) is 2.51. The molecule has 1 saturated heterocycles. The Morgan fingerprint density at radius 1 is 1.19 bits per heavy atom. The highest BCUT2D eigenvalue weighted by atomic mass is 35.5. The molecule has 0 spiro atoms. The highest BCUT2D eigenvalue weighted by Crippen LogP contribution is 2.32. The summed E-state index contributed by atoms with van der Waals surface area (Å²) in [5.74, 6) is -3.54. The number of nitrogens with one attached hydrogen (secondary N) is 2. The molecule has 11 nitrogen and oxygen atoms in total. The van der Waals surface area contributed by atoms with Gasteiger partial charge >= 0.3 is 5.97 Å². The number of aliphatic carboxylic acids is 1. The lowest BCUT2D eigenvalue weighted by Gasteiger charge is -2.29. The van der Waals surface area contributed by atoms with E-state index in [1.54, 1.807) is 18.3 Å². The van der Waals surface area contributed by atoms with Gasteiger partial charge in [0.25, 0.3) is 5.91 Å². The number of aromatic hydroxyl groups is 1. The summed E-state index contributed by atoms with van der Waals surface area (Å²) < 4.78 is 0. The average molecular weight is 551 g/mol. The molecular formula is C24H24Cl2N4O7. The quantitative estimate of drug-likeness (QED) is 0.323. The normalized spacial score (nSPS) is 16.5. The van der Waals surface area contributed by atoms with E-state index in [2.05, 4.69) is 15.6 Å². The first-order chi connectivity index (χ1) is 17.6. The summed E-state index contributed by atoms with van der Waals surface area (Å²) in [7, 11) is 0. The predicted molar refractivity (Wildman–Crippen MR) is 132 cm³/mol. The number of hydrogen-bond donors (Lipinski definition) is 4. The zero-order valence-corrected chi connectivity index (χ0v) is 20.9. The largest absolute Gasteiger partial charge is 0.505 e. The number of benzene rings is 1. The monoisotopic (exact) mass is 550 g/mol. The van der Waals surface area contributed by atoms with Gasteiger partial charge in [-0.1, -0.05) is 29.3 Å². The lowest BCUT2D eigenvalue weighted by Crippen LogP contribution is -2.55. The molecule has 1 fully saturated rings. The molecule has 2 aromatic rings. The van der Waals surface area contributed by atoms with Crippen molar-refractivity contribution in [2.75, 3.05) is 6.54 Å². The topological polar surface area (TPSA) is 166 Å². The second kappa shape index (κ2) is 12.5. The zero-order valence-electron chi connectivity index (χ0n) is 19.4. The number of nitrogens with zero attached hydrogens (tertiary/aromatic N) is 2. The second-order valence-corrected chi connectivity index (χ2v) is 9.23. The summed E-state index contributed by atoms with van der Waals surface area (Å²) in [5, 5.41) is 23.4. The van der Waals surface area contributed by atoms with Crippen LogP contribution < -0.4 is 10.6 Å². The number of hydrogen-bond acceptors (Lipinski definition) is 7. The van der Waals surface area contributed by atoms with Gasteiger partial charge in [0.05, 0.1) is 22.5 Å².